The van der Waals surface area contributed by atoms with Gasteiger partial charge in [0.25, 0.3) is 4.74 Å². The average Bonchev–Trinajstić information content (AvgIpc) is 2.61. The van der Waals surface area contributed by atoms with Gasteiger partial charge in [0.2, 0.25) is 0 Å². The van der Waals surface area contributed by atoms with Crippen molar-refractivity contribution in [1.29, 1.82) is 0 Å². The fraction of sp³-hybridized carbons (Fsp3) is 0.111. The van der Waals surface area contributed by atoms with E-state index in [0.29, 0.717) is 10.1 Å². The third-order valence-corrected chi connectivity index (χ3v) is 4.64. The summed E-state index contributed by atoms with van der Waals surface area (Å²) in [7, 11) is 2.77. The molecule has 0 unspecified atom stereocenters. The maximum Gasteiger partial charge on any atom is 0.346 e. The summed E-state index contributed by atoms with van der Waals surface area (Å²) in [6, 6.07) is 12.8. The van der Waals surface area contributed by atoms with Crippen LogP contribution in [0.2, 0.25) is 0 Å². The number of esters is 1. The molecule has 0 fully saturated rings. The summed E-state index contributed by atoms with van der Waals surface area (Å²) in [5, 5.41) is 10.7. The Morgan fingerprint density at radius 3 is 2.33 bits per heavy atom. The first kappa shape index (κ1) is 16.0. The number of hydrogen-bond donors (Lipinski definition) is 1. The molecule has 0 saturated heterocycles. The van der Waals surface area contributed by atoms with Crippen LogP contribution in [0.25, 0.3) is 21.2 Å². The van der Waals surface area contributed by atoms with Gasteiger partial charge in [0.1, 0.15) is 11.5 Å². The zero-order valence-corrected chi connectivity index (χ0v) is 13.8. The molecule has 0 atom stereocenters. The van der Waals surface area contributed by atoms with Crippen LogP contribution < -0.4 is 9.48 Å². The first-order valence-electron chi connectivity index (χ1n) is 7.07. The minimum atomic E-state index is -0.838. The molecule has 1 N–H and O–H groups in total. The number of benzene rings is 2. The Morgan fingerprint density at radius 2 is 1.71 bits per heavy atom. The molecule has 3 aromatic rings. The summed E-state index contributed by atoms with van der Waals surface area (Å²) >= 11 is 0.902. The van der Waals surface area contributed by atoms with Gasteiger partial charge in [-0.05, 0) is 35.4 Å². The molecule has 0 amide bonds. The fourth-order valence-corrected chi connectivity index (χ4v) is 3.37. The molecule has 5 nitrogen and oxygen atoms in total. The largest absolute Gasteiger partial charge is 0.506 e. The average molecular weight is 342 g/mol. The minimum absolute atomic E-state index is 0.327. The highest BCUT2D eigenvalue weighted by Gasteiger charge is 2.20. The lowest BCUT2D eigenvalue weighted by molar-refractivity contribution is 0.0597. The second-order valence-electron chi connectivity index (χ2n) is 5.04. The summed E-state index contributed by atoms with van der Waals surface area (Å²) in [4.78, 5) is 23.8. The third kappa shape index (κ3) is 2.72. The minimum Gasteiger partial charge on any atom is -0.506 e. The first-order chi connectivity index (χ1) is 11.5. The topological polar surface area (TPSA) is 72.8 Å². The molecule has 0 spiro atoms. The van der Waals surface area contributed by atoms with Gasteiger partial charge in [-0.15, -0.1) is 0 Å². The van der Waals surface area contributed by atoms with Gasteiger partial charge in [0.05, 0.1) is 14.2 Å². The van der Waals surface area contributed by atoms with Gasteiger partial charge in [-0.25, -0.2) is 4.79 Å². The molecule has 0 aliphatic heterocycles. The number of carbonyl (C=O) groups excluding carboxylic acids is 1. The summed E-state index contributed by atoms with van der Waals surface area (Å²) < 4.78 is 9.76. The maximum absolute atomic E-state index is 12.1. The molecule has 0 radical (unpaired) electrons. The Labute approximate surface area is 141 Å². The highest BCUT2D eigenvalue weighted by molar-refractivity contribution is 7.16. The summed E-state index contributed by atoms with van der Waals surface area (Å²) in [5.41, 5.74) is 1.52. The van der Waals surface area contributed by atoms with Crippen LogP contribution in [0.4, 0.5) is 0 Å². The molecule has 24 heavy (non-hydrogen) atoms. The van der Waals surface area contributed by atoms with Crippen LogP contribution in [0.3, 0.4) is 0 Å². The quantitative estimate of drug-likeness (QED) is 0.738. The van der Waals surface area contributed by atoms with Gasteiger partial charge >= 0.3 is 5.97 Å². The van der Waals surface area contributed by atoms with Crippen molar-refractivity contribution in [2.75, 3.05) is 14.2 Å². The van der Waals surface area contributed by atoms with Gasteiger partial charge in [0.15, 0.2) is 5.56 Å². The second-order valence-corrected chi connectivity index (χ2v) is 6.06. The van der Waals surface area contributed by atoms with E-state index in [-0.39, 0.29) is 11.3 Å². The van der Waals surface area contributed by atoms with Crippen molar-refractivity contribution in [2.45, 2.75) is 0 Å². The van der Waals surface area contributed by atoms with Crippen molar-refractivity contribution in [3.05, 3.63) is 57.6 Å². The number of aromatic hydroxyl groups is 1. The SMILES string of the molecule is COC(=O)c1c(O)c2ccc(-c3ccc(OC)cc3)cc2sc1=O. The zero-order valence-electron chi connectivity index (χ0n) is 13.0. The molecule has 0 aliphatic carbocycles. The number of hydrogen-bond acceptors (Lipinski definition) is 6. The van der Waals surface area contributed by atoms with Gasteiger partial charge in [-0.3, -0.25) is 4.79 Å². The van der Waals surface area contributed by atoms with Crippen molar-refractivity contribution in [3.8, 4) is 22.6 Å². The molecule has 6 heteroatoms. The molecular formula is C18H14O5S. The van der Waals surface area contributed by atoms with Crippen LogP contribution in [0.5, 0.6) is 11.5 Å². The molecule has 0 bridgehead atoms. The monoisotopic (exact) mass is 342 g/mol. The van der Waals surface area contributed by atoms with Crippen molar-refractivity contribution >= 4 is 27.4 Å². The van der Waals surface area contributed by atoms with Crippen LogP contribution in [0.1, 0.15) is 10.4 Å². The molecule has 0 aliphatic rings. The van der Waals surface area contributed by atoms with Crippen LogP contribution in [0, 0.1) is 0 Å². The van der Waals surface area contributed by atoms with Gasteiger partial charge in [-0.2, -0.15) is 0 Å². The van der Waals surface area contributed by atoms with Gasteiger partial charge in [-0.1, -0.05) is 29.5 Å². The molecule has 3 rings (SSSR count). The van der Waals surface area contributed by atoms with E-state index in [1.807, 2.05) is 36.4 Å². The summed E-state index contributed by atoms with van der Waals surface area (Å²) in [6.45, 7) is 0. The zero-order chi connectivity index (χ0) is 17.3. The standard InChI is InChI=1S/C18H14O5S/c1-22-12-6-3-10(4-7-12)11-5-8-13-14(9-11)24-18(21)15(16(13)19)17(20)23-2/h3-9,19H,1-2H3. The Kier molecular flexibility index (Phi) is 4.22. The molecule has 1 aromatic heterocycles. The molecule has 1 heterocycles. The van der Waals surface area contributed by atoms with E-state index in [9.17, 15) is 14.7 Å². The Morgan fingerprint density at radius 1 is 1.04 bits per heavy atom. The number of rotatable bonds is 3. The molecule has 0 saturated carbocycles. The lowest BCUT2D eigenvalue weighted by Gasteiger charge is -2.08. The third-order valence-electron chi connectivity index (χ3n) is 3.69. The van der Waals surface area contributed by atoms with E-state index in [1.54, 1.807) is 13.2 Å². The summed E-state index contributed by atoms with van der Waals surface area (Å²) in [6.07, 6.45) is 0. The smallest absolute Gasteiger partial charge is 0.346 e. The van der Waals surface area contributed by atoms with Crippen molar-refractivity contribution < 1.29 is 19.4 Å². The molecule has 122 valence electrons. The predicted molar refractivity (Wildman–Crippen MR) is 93.1 cm³/mol. The maximum atomic E-state index is 12.1. The van der Waals surface area contributed by atoms with Crippen LogP contribution in [0.15, 0.2) is 47.3 Å². The predicted octanol–water partition coefficient (Wildman–Crippen LogP) is 3.43. The summed E-state index contributed by atoms with van der Waals surface area (Å²) in [5.74, 6) is -0.429. The van der Waals surface area contributed by atoms with Crippen molar-refractivity contribution in [2.24, 2.45) is 0 Å². The van der Waals surface area contributed by atoms with Crippen LogP contribution in [-0.4, -0.2) is 25.3 Å². The Balaban J connectivity index is 2.15. The highest BCUT2D eigenvalue weighted by atomic mass is 32.1. The number of fused-ring (bicyclic) bond motifs is 1. The van der Waals surface area contributed by atoms with E-state index in [1.165, 1.54) is 7.11 Å². The van der Waals surface area contributed by atoms with Gasteiger partial charge in [0, 0.05) is 10.1 Å². The van der Waals surface area contributed by atoms with Gasteiger partial charge < -0.3 is 14.6 Å². The normalized spacial score (nSPS) is 10.6. The Hall–Kier alpha value is -2.86. The number of ether oxygens (including phenoxy) is 2. The highest BCUT2D eigenvalue weighted by Crippen LogP contribution is 2.33. The van der Waals surface area contributed by atoms with Crippen molar-refractivity contribution in [3.63, 3.8) is 0 Å². The van der Waals surface area contributed by atoms with E-state index >= 15 is 0 Å². The molecular weight excluding hydrogens is 328 g/mol. The van der Waals surface area contributed by atoms with E-state index < -0.39 is 10.7 Å². The lowest BCUT2D eigenvalue weighted by Crippen LogP contribution is -2.13. The van der Waals surface area contributed by atoms with Crippen molar-refractivity contribution in [1.82, 2.24) is 0 Å². The van der Waals surface area contributed by atoms with E-state index in [4.69, 9.17) is 4.74 Å². The fourth-order valence-electron chi connectivity index (χ4n) is 2.43. The Bertz CT molecular complexity index is 973. The van der Waals surface area contributed by atoms with Crippen LogP contribution >= 0.6 is 11.3 Å². The first-order valence-corrected chi connectivity index (χ1v) is 7.89. The van der Waals surface area contributed by atoms with E-state index in [2.05, 4.69) is 4.74 Å². The number of carbonyl (C=O) groups is 1. The van der Waals surface area contributed by atoms with E-state index in [0.717, 1.165) is 28.2 Å². The molecule has 2 aromatic carbocycles. The lowest BCUT2D eigenvalue weighted by atomic mass is 10.0. The number of methoxy groups -OCH3 is 2. The second kappa shape index (κ2) is 6.33. The van der Waals surface area contributed by atoms with Crippen LogP contribution in [-0.2, 0) is 4.74 Å².